The fourth-order valence-corrected chi connectivity index (χ4v) is 4.40. The lowest BCUT2D eigenvalue weighted by molar-refractivity contribution is -0.150. The lowest BCUT2D eigenvalue weighted by atomic mass is 9.76. The Balaban J connectivity index is 1.88. The third-order valence-electron chi connectivity index (χ3n) is 5.32. The minimum Gasteiger partial charge on any atom is -0.469 e. The van der Waals surface area contributed by atoms with Crippen LogP contribution in [0.15, 0.2) is 30.3 Å². The van der Waals surface area contributed by atoms with E-state index in [0.29, 0.717) is 12.5 Å². The first-order chi connectivity index (χ1) is 10.8. The number of carbonyl (C=O) groups is 1. The summed E-state index contributed by atoms with van der Waals surface area (Å²) in [5, 5.41) is 0. The summed E-state index contributed by atoms with van der Waals surface area (Å²) in [5.74, 6) is -0.0389. The quantitative estimate of drug-likeness (QED) is 0.783. The summed E-state index contributed by atoms with van der Waals surface area (Å²) in [4.78, 5) is 14.8. The maximum absolute atomic E-state index is 12.6. The van der Waals surface area contributed by atoms with E-state index in [4.69, 9.17) is 4.74 Å². The van der Waals surface area contributed by atoms with Crippen LogP contribution in [0.3, 0.4) is 0 Å². The van der Waals surface area contributed by atoms with Gasteiger partial charge in [-0.05, 0) is 31.2 Å². The Morgan fingerprint density at radius 2 is 2.09 bits per heavy atom. The molecule has 3 rings (SSSR count). The van der Waals surface area contributed by atoms with Gasteiger partial charge < -0.3 is 4.74 Å². The second-order valence-corrected chi connectivity index (χ2v) is 6.38. The number of esters is 1. The van der Waals surface area contributed by atoms with Crippen molar-refractivity contribution in [1.82, 2.24) is 4.90 Å². The molecule has 0 aliphatic carbocycles. The number of halogens is 1. The average molecular weight is 305 g/mol. The molecule has 0 spiro atoms. The number of ether oxygens (including phenoxy) is 1. The zero-order chi connectivity index (χ0) is 15.5. The maximum Gasteiger partial charge on any atom is 0.310 e. The van der Waals surface area contributed by atoms with Crippen molar-refractivity contribution in [2.45, 2.75) is 43.7 Å². The lowest BCUT2D eigenvalue weighted by Gasteiger charge is -2.43. The molecule has 2 aliphatic heterocycles. The molecule has 2 bridgehead atoms. The number of carbonyl (C=O) groups excluding carboxylic acids is 1. The van der Waals surface area contributed by atoms with Gasteiger partial charge >= 0.3 is 5.97 Å². The van der Waals surface area contributed by atoms with Gasteiger partial charge in [0.1, 0.15) is 0 Å². The smallest absolute Gasteiger partial charge is 0.310 e. The second-order valence-electron chi connectivity index (χ2n) is 6.38. The Kier molecular flexibility index (Phi) is 4.77. The summed E-state index contributed by atoms with van der Waals surface area (Å²) in [5.41, 5.74) is 1.22. The first-order valence-electron chi connectivity index (χ1n) is 8.20. The minimum atomic E-state index is -0.291. The Labute approximate surface area is 131 Å². The van der Waals surface area contributed by atoms with Gasteiger partial charge in [-0.1, -0.05) is 30.3 Å². The Hall–Kier alpha value is -1.42. The van der Waals surface area contributed by atoms with Crippen molar-refractivity contribution < 1.29 is 13.9 Å². The van der Waals surface area contributed by atoms with E-state index in [1.54, 1.807) is 0 Å². The molecule has 0 aromatic heterocycles. The molecule has 0 radical (unpaired) electrons. The van der Waals surface area contributed by atoms with Crippen molar-refractivity contribution in [3.05, 3.63) is 35.9 Å². The zero-order valence-electron chi connectivity index (χ0n) is 13.1. The van der Waals surface area contributed by atoms with E-state index in [9.17, 15) is 9.18 Å². The molecule has 2 saturated heterocycles. The normalized spacial score (nSPS) is 31.2. The molecular formula is C18H24FNO2. The summed E-state index contributed by atoms with van der Waals surface area (Å²) in [6.45, 7) is 0.460. The molecule has 4 unspecified atom stereocenters. The highest BCUT2D eigenvalue weighted by Gasteiger charge is 2.50. The molecule has 1 aromatic rings. The number of methoxy groups -OCH3 is 1. The molecule has 4 heteroatoms. The van der Waals surface area contributed by atoms with E-state index in [1.165, 1.54) is 12.7 Å². The van der Waals surface area contributed by atoms with E-state index in [-0.39, 0.29) is 30.5 Å². The van der Waals surface area contributed by atoms with E-state index >= 15 is 0 Å². The van der Waals surface area contributed by atoms with Gasteiger partial charge in [0.2, 0.25) is 0 Å². The number of rotatable bonds is 5. The van der Waals surface area contributed by atoms with Crippen LogP contribution >= 0.6 is 0 Å². The standard InChI is InChI=1S/C18H24FNO2/c1-22-18(21)17-15(13-6-3-2-4-7-13)12-14-8-9-16(17)20(14)11-5-10-19/h2-4,6-7,14-17H,5,8-12H2,1H3. The van der Waals surface area contributed by atoms with Gasteiger partial charge in [-0.3, -0.25) is 14.1 Å². The molecule has 0 amide bonds. The predicted molar refractivity (Wildman–Crippen MR) is 83.4 cm³/mol. The molecule has 120 valence electrons. The SMILES string of the molecule is COC(=O)C1C(c2ccccc2)CC2CCC1N2CCCF. The summed E-state index contributed by atoms with van der Waals surface area (Å²) >= 11 is 0. The van der Waals surface area contributed by atoms with Crippen LogP contribution in [0.4, 0.5) is 4.39 Å². The van der Waals surface area contributed by atoms with Crippen molar-refractivity contribution >= 4 is 5.97 Å². The van der Waals surface area contributed by atoms with E-state index in [1.807, 2.05) is 18.2 Å². The Morgan fingerprint density at radius 3 is 2.77 bits per heavy atom. The van der Waals surface area contributed by atoms with Gasteiger partial charge in [-0.15, -0.1) is 0 Å². The van der Waals surface area contributed by atoms with Gasteiger partial charge in [0.25, 0.3) is 0 Å². The van der Waals surface area contributed by atoms with Gasteiger partial charge in [0, 0.05) is 24.5 Å². The van der Waals surface area contributed by atoms with Crippen LogP contribution in [0.2, 0.25) is 0 Å². The summed E-state index contributed by atoms with van der Waals surface area (Å²) in [6.07, 6.45) is 3.64. The number of nitrogens with zero attached hydrogens (tertiary/aromatic N) is 1. The lowest BCUT2D eigenvalue weighted by Crippen LogP contribution is -2.51. The van der Waals surface area contributed by atoms with E-state index in [2.05, 4.69) is 17.0 Å². The second kappa shape index (κ2) is 6.78. The fraction of sp³-hybridized carbons (Fsp3) is 0.611. The van der Waals surface area contributed by atoms with Gasteiger partial charge in [-0.25, -0.2) is 0 Å². The summed E-state index contributed by atoms with van der Waals surface area (Å²) in [7, 11) is 1.47. The van der Waals surface area contributed by atoms with Crippen LogP contribution in [0, 0.1) is 5.92 Å². The average Bonchev–Trinajstić information content (AvgIpc) is 2.84. The van der Waals surface area contributed by atoms with Crippen molar-refractivity contribution in [2.24, 2.45) is 5.92 Å². The maximum atomic E-state index is 12.6. The van der Waals surface area contributed by atoms with Gasteiger partial charge in [0.15, 0.2) is 0 Å². The third kappa shape index (κ3) is 2.76. The topological polar surface area (TPSA) is 29.5 Å². The number of fused-ring (bicyclic) bond motifs is 2. The number of hydrogen-bond acceptors (Lipinski definition) is 3. The Morgan fingerprint density at radius 1 is 1.32 bits per heavy atom. The van der Waals surface area contributed by atoms with Crippen LogP contribution in [0.1, 0.15) is 37.2 Å². The van der Waals surface area contributed by atoms with E-state index in [0.717, 1.165) is 25.8 Å². The van der Waals surface area contributed by atoms with E-state index < -0.39 is 0 Å². The number of piperidine rings is 1. The molecule has 2 fully saturated rings. The molecule has 1 aromatic carbocycles. The summed E-state index contributed by atoms with van der Waals surface area (Å²) < 4.78 is 17.7. The highest BCUT2D eigenvalue weighted by atomic mass is 19.1. The van der Waals surface area contributed by atoms with Crippen LogP contribution in [-0.4, -0.2) is 43.3 Å². The summed E-state index contributed by atoms with van der Waals surface area (Å²) in [6, 6.07) is 10.9. The number of hydrogen-bond donors (Lipinski definition) is 0. The van der Waals surface area contributed by atoms with Crippen molar-refractivity contribution in [3.63, 3.8) is 0 Å². The predicted octanol–water partition coefficient (Wildman–Crippen LogP) is 3.16. The molecule has 2 aliphatic rings. The zero-order valence-corrected chi connectivity index (χ0v) is 13.1. The molecule has 2 heterocycles. The molecular weight excluding hydrogens is 281 g/mol. The largest absolute Gasteiger partial charge is 0.469 e. The molecule has 3 nitrogen and oxygen atoms in total. The Bertz CT molecular complexity index is 507. The first-order valence-corrected chi connectivity index (χ1v) is 8.20. The highest BCUT2D eigenvalue weighted by Crippen LogP contribution is 2.47. The first kappa shape index (κ1) is 15.5. The molecule has 22 heavy (non-hydrogen) atoms. The fourth-order valence-electron chi connectivity index (χ4n) is 4.40. The third-order valence-corrected chi connectivity index (χ3v) is 5.32. The highest BCUT2D eigenvalue weighted by molar-refractivity contribution is 5.75. The van der Waals surface area contributed by atoms with Crippen molar-refractivity contribution in [2.75, 3.05) is 20.3 Å². The van der Waals surface area contributed by atoms with Crippen LogP contribution in [0.5, 0.6) is 0 Å². The number of alkyl halides is 1. The van der Waals surface area contributed by atoms with Crippen LogP contribution in [0.25, 0.3) is 0 Å². The number of benzene rings is 1. The molecule has 4 atom stereocenters. The van der Waals surface area contributed by atoms with Crippen LogP contribution in [-0.2, 0) is 9.53 Å². The van der Waals surface area contributed by atoms with Crippen molar-refractivity contribution in [1.29, 1.82) is 0 Å². The van der Waals surface area contributed by atoms with Gasteiger partial charge in [-0.2, -0.15) is 0 Å². The van der Waals surface area contributed by atoms with Crippen molar-refractivity contribution in [3.8, 4) is 0 Å². The molecule has 0 saturated carbocycles. The van der Waals surface area contributed by atoms with Crippen LogP contribution < -0.4 is 0 Å². The van der Waals surface area contributed by atoms with Gasteiger partial charge in [0.05, 0.1) is 19.7 Å². The molecule has 0 N–H and O–H groups in total. The minimum absolute atomic E-state index is 0.121. The monoisotopic (exact) mass is 305 g/mol.